The summed E-state index contributed by atoms with van der Waals surface area (Å²) in [5.41, 5.74) is 5.88. The van der Waals surface area contributed by atoms with Crippen molar-refractivity contribution in [3.8, 4) is 0 Å². The minimum absolute atomic E-state index is 0.159. The van der Waals surface area contributed by atoms with E-state index in [1.54, 1.807) is 30.3 Å². The number of sulfone groups is 1. The highest BCUT2D eigenvalue weighted by atomic mass is 32.2. The lowest BCUT2D eigenvalue weighted by Crippen LogP contribution is -2.42. The van der Waals surface area contributed by atoms with Crippen LogP contribution in [0.4, 0.5) is 0 Å². The number of hydrogen-bond donors (Lipinski definition) is 2. The van der Waals surface area contributed by atoms with Crippen LogP contribution in [0.3, 0.4) is 0 Å². The number of rotatable bonds is 7. The van der Waals surface area contributed by atoms with E-state index in [0.717, 1.165) is 0 Å². The normalized spacial score (nSPS) is 12.3. The smallest absolute Gasteiger partial charge is 0.240 e. The van der Waals surface area contributed by atoms with Crippen molar-refractivity contribution in [1.29, 1.82) is 0 Å². The summed E-state index contributed by atoms with van der Waals surface area (Å²) in [7, 11) is -3.57. The van der Waals surface area contributed by atoms with E-state index in [-0.39, 0.29) is 16.2 Å². The molecule has 120 valence electrons. The third-order valence-electron chi connectivity index (χ3n) is 3.34. The average Bonchev–Trinajstić information content (AvgIpc) is 2.55. The predicted molar refractivity (Wildman–Crippen MR) is 84.2 cm³/mol. The second-order valence-corrected chi connectivity index (χ2v) is 6.85. The number of nitrogens with two attached hydrogens (primary N) is 1. The first kappa shape index (κ1) is 16.7. The van der Waals surface area contributed by atoms with E-state index < -0.39 is 21.8 Å². The Bertz CT molecular complexity index is 787. The standard InChI is InChI=1S/C16H16N2O4S/c17-16(20)15(18-11-19)10-12-6-8-14(9-7-12)23(21,22)13-4-2-1-3-5-13/h1-9,11,15H,10H2,(H2,17,20)(H,18,19). The van der Waals surface area contributed by atoms with Crippen molar-refractivity contribution in [3.63, 3.8) is 0 Å². The summed E-state index contributed by atoms with van der Waals surface area (Å²) in [6, 6.07) is 13.4. The largest absolute Gasteiger partial charge is 0.368 e. The zero-order valence-electron chi connectivity index (χ0n) is 12.2. The molecule has 0 aliphatic carbocycles. The molecular weight excluding hydrogens is 316 g/mol. The second kappa shape index (κ2) is 7.06. The lowest BCUT2D eigenvalue weighted by molar-refractivity contribution is -0.122. The van der Waals surface area contributed by atoms with Crippen molar-refractivity contribution < 1.29 is 18.0 Å². The molecule has 0 saturated heterocycles. The van der Waals surface area contributed by atoms with Crippen LogP contribution in [0.15, 0.2) is 64.4 Å². The molecule has 0 aliphatic rings. The zero-order chi connectivity index (χ0) is 16.9. The number of primary amides is 1. The van der Waals surface area contributed by atoms with Gasteiger partial charge in [0.2, 0.25) is 22.2 Å². The monoisotopic (exact) mass is 332 g/mol. The first-order valence-electron chi connectivity index (χ1n) is 6.83. The maximum atomic E-state index is 12.4. The van der Waals surface area contributed by atoms with Crippen molar-refractivity contribution in [2.24, 2.45) is 5.73 Å². The van der Waals surface area contributed by atoms with Gasteiger partial charge in [0, 0.05) is 6.42 Å². The lowest BCUT2D eigenvalue weighted by atomic mass is 10.1. The number of hydrogen-bond acceptors (Lipinski definition) is 4. The summed E-state index contributed by atoms with van der Waals surface area (Å²) < 4.78 is 24.9. The minimum Gasteiger partial charge on any atom is -0.368 e. The molecule has 0 aliphatic heterocycles. The molecule has 1 atom stereocenters. The zero-order valence-corrected chi connectivity index (χ0v) is 13.0. The molecule has 7 heteroatoms. The Morgan fingerprint density at radius 1 is 1.04 bits per heavy atom. The number of carbonyl (C=O) groups is 2. The summed E-state index contributed by atoms with van der Waals surface area (Å²) >= 11 is 0. The van der Waals surface area contributed by atoms with Crippen molar-refractivity contribution in [1.82, 2.24) is 5.32 Å². The van der Waals surface area contributed by atoms with Crippen LogP contribution < -0.4 is 11.1 Å². The lowest BCUT2D eigenvalue weighted by Gasteiger charge is -2.12. The van der Waals surface area contributed by atoms with Crippen LogP contribution in [0, 0.1) is 0 Å². The van der Waals surface area contributed by atoms with E-state index >= 15 is 0 Å². The molecule has 3 N–H and O–H groups in total. The molecule has 0 radical (unpaired) electrons. The Labute approximate surface area is 134 Å². The average molecular weight is 332 g/mol. The number of nitrogens with one attached hydrogen (secondary N) is 1. The van der Waals surface area contributed by atoms with Gasteiger partial charge in [0.25, 0.3) is 0 Å². The van der Waals surface area contributed by atoms with Crippen LogP contribution in [0.2, 0.25) is 0 Å². The van der Waals surface area contributed by atoms with Crippen molar-refractivity contribution in [3.05, 3.63) is 60.2 Å². The van der Waals surface area contributed by atoms with E-state index in [4.69, 9.17) is 5.73 Å². The van der Waals surface area contributed by atoms with Gasteiger partial charge >= 0.3 is 0 Å². The van der Waals surface area contributed by atoms with Gasteiger partial charge in [-0.15, -0.1) is 0 Å². The van der Waals surface area contributed by atoms with Crippen LogP contribution in [0.5, 0.6) is 0 Å². The molecule has 2 rings (SSSR count). The third kappa shape index (κ3) is 3.95. The molecule has 0 spiro atoms. The Morgan fingerprint density at radius 2 is 1.61 bits per heavy atom. The fourth-order valence-corrected chi connectivity index (χ4v) is 3.38. The number of amides is 2. The Balaban J connectivity index is 2.23. The van der Waals surface area contributed by atoms with Crippen LogP contribution in [0.25, 0.3) is 0 Å². The van der Waals surface area contributed by atoms with Crippen LogP contribution >= 0.6 is 0 Å². The van der Waals surface area contributed by atoms with Gasteiger partial charge in [0.1, 0.15) is 6.04 Å². The van der Waals surface area contributed by atoms with Gasteiger partial charge in [-0.1, -0.05) is 30.3 Å². The SMILES string of the molecule is NC(=O)C(Cc1ccc(S(=O)(=O)c2ccccc2)cc1)NC=O. The molecule has 0 fully saturated rings. The predicted octanol–water partition coefficient (Wildman–Crippen LogP) is 0.662. The summed E-state index contributed by atoms with van der Waals surface area (Å²) in [5.74, 6) is -0.655. The van der Waals surface area contributed by atoms with Crippen molar-refractivity contribution in [2.45, 2.75) is 22.3 Å². The van der Waals surface area contributed by atoms with E-state index in [9.17, 15) is 18.0 Å². The third-order valence-corrected chi connectivity index (χ3v) is 5.13. The highest BCUT2D eigenvalue weighted by Crippen LogP contribution is 2.21. The topological polar surface area (TPSA) is 106 Å². The van der Waals surface area contributed by atoms with Gasteiger partial charge in [-0.2, -0.15) is 0 Å². The van der Waals surface area contributed by atoms with Crippen LogP contribution in [0.1, 0.15) is 5.56 Å². The minimum atomic E-state index is -3.57. The molecule has 0 bridgehead atoms. The summed E-state index contributed by atoms with van der Waals surface area (Å²) in [6.07, 6.45) is 0.601. The molecule has 2 aromatic carbocycles. The maximum Gasteiger partial charge on any atom is 0.240 e. The summed E-state index contributed by atoms with van der Waals surface area (Å²) in [4.78, 5) is 22.0. The number of carbonyl (C=O) groups excluding carboxylic acids is 2. The molecule has 2 aromatic rings. The van der Waals surface area contributed by atoms with Gasteiger partial charge in [-0.05, 0) is 29.8 Å². The van der Waals surface area contributed by atoms with Crippen molar-refractivity contribution >= 4 is 22.2 Å². The summed E-state index contributed by atoms with van der Waals surface area (Å²) in [5, 5.41) is 2.33. The van der Waals surface area contributed by atoms with Gasteiger partial charge in [-0.25, -0.2) is 8.42 Å². The van der Waals surface area contributed by atoms with E-state index in [1.807, 2.05) is 0 Å². The van der Waals surface area contributed by atoms with Crippen LogP contribution in [-0.2, 0) is 25.8 Å². The van der Waals surface area contributed by atoms with E-state index in [1.165, 1.54) is 24.3 Å². The first-order chi connectivity index (χ1) is 10.9. The number of benzene rings is 2. The van der Waals surface area contributed by atoms with Gasteiger partial charge < -0.3 is 11.1 Å². The first-order valence-corrected chi connectivity index (χ1v) is 8.31. The van der Waals surface area contributed by atoms with Gasteiger partial charge in [-0.3, -0.25) is 9.59 Å². The fraction of sp³-hybridized carbons (Fsp3) is 0.125. The highest BCUT2D eigenvalue weighted by molar-refractivity contribution is 7.91. The van der Waals surface area contributed by atoms with Crippen LogP contribution in [-0.4, -0.2) is 26.8 Å². The molecule has 0 heterocycles. The molecule has 1 unspecified atom stereocenters. The molecule has 0 saturated carbocycles. The second-order valence-electron chi connectivity index (χ2n) is 4.90. The summed E-state index contributed by atoms with van der Waals surface area (Å²) in [6.45, 7) is 0. The van der Waals surface area contributed by atoms with Gasteiger partial charge in [0.05, 0.1) is 9.79 Å². The Kier molecular flexibility index (Phi) is 5.13. The Hall–Kier alpha value is -2.67. The quantitative estimate of drug-likeness (QED) is 0.726. The highest BCUT2D eigenvalue weighted by Gasteiger charge is 2.18. The van der Waals surface area contributed by atoms with Crippen molar-refractivity contribution in [2.75, 3.05) is 0 Å². The molecular formula is C16H16N2O4S. The van der Waals surface area contributed by atoms with E-state index in [0.29, 0.717) is 12.0 Å². The maximum absolute atomic E-state index is 12.4. The molecule has 6 nitrogen and oxygen atoms in total. The van der Waals surface area contributed by atoms with Gasteiger partial charge in [0.15, 0.2) is 0 Å². The Morgan fingerprint density at radius 3 is 2.13 bits per heavy atom. The molecule has 2 amide bonds. The molecule has 0 aromatic heterocycles. The molecule has 23 heavy (non-hydrogen) atoms. The fourth-order valence-electron chi connectivity index (χ4n) is 2.10. The van der Waals surface area contributed by atoms with E-state index in [2.05, 4.69) is 5.32 Å².